The van der Waals surface area contributed by atoms with Crippen LogP contribution in [-0.4, -0.2) is 10.1 Å². The van der Waals surface area contributed by atoms with Crippen molar-refractivity contribution in [2.45, 2.75) is 6.18 Å². The average Bonchev–Trinajstić information content (AvgIpc) is 2.53. The standard InChI is InChI=1S/C16H10F3N3O/c17-16(18,19)12-9-10-5-4-8-13(23)14(10)20-15(12)22-21-11-6-2-1-3-7-11/h1-9,23H. The number of aromatic nitrogens is 1. The van der Waals surface area contributed by atoms with Gasteiger partial charge in [0, 0.05) is 5.39 Å². The minimum Gasteiger partial charge on any atom is -0.506 e. The Bertz CT molecular complexity index is 877. The molecule has 3 aromatic rings. The first-order valence-electron chi connectivity index (χ1n) is 6.62. The maximum Gasteiger partial charge on any atom is 0.420 e. The first-order valence-corrected chi connectivity index (χ1v) is 6.62. The molecule has 0 spiro atoms. The van der Waals surface area contributed by atoms with E-state index < -0.39 is 17.6 Å². The van der Waals surface area contributed by atoms with Crippen molar-refractivity contribution in [2.75, 3.05) is 0 Å². The molecule has 0 fully saturated rings. The second kappa shape index (κ2) is 5.68. The Hall–Kier alpha value is -2.96. The highest BCUT2D eigenvalue weighted by Gasteiger charge is 2.35. The molecule has 2 aromatic carbocycles. The van der Waals surface area contributed by atoms with Crippen LogP contribution in [0.4, 0.5) is 24.7 Å². The summed E-state index contributed by atoms with van der Waals surface area (Å²) in [5, 5.41) is 17.3. The van der Waals surface area contributed by atoms with Gasteiger partial charge < -0.3 is 5.11 Å². The Morgan fingerprint density at radius 1 is 0.913 bits per heavy atom. The average molecular weight is 317 g/mol. The molecule has 23 heavy (non-hydrogen) atoms. The Kier molecular flexibility index (Phi) is 3.69. The van der Waals surface area contributed by atoms with Crippen molar-refractivity contribution < 1.29 is 18.3 Å². The molecule has 7 heteroatoms. The summed E-state index contributed by atoms with van der Waals surface area (Å²) in [7, 11) is 0. The zero-order chi connectivity index (χ0) is 16.4. The van der Waals surface area contributed by atoms with Crippen LogP contribution >= 0.6 is 0 Å². The normalized spacial score (nSPS) is 12.1. The molecule has 1 heterocycles. The van der Waals surface area contributed by atoms with Gasteiger partial charge in [-0.15, -0.1) is 10.2 Å². The van der Waals surface area contributed by atoms with Crippen molar-refractivity contribution in [1.29, 1.82) is 0 Å². The lowest BCUT2D eigenvalue weighted by Crippen LogP contribution is -2.06. The number of nitrogens with zero attached hydrogens (tertiary/aromatic N) is 3. The summed E-state index contributed by atoms with van der Waals surface area (Å²) < 4.78 is 39.6. The number of hydrogen-bond acceptors (Lipinski definition) is 4. The van der Waals surface area contributed by atoms with Gasteiger partial charge in [0.1, 0.15) is 16.8 Å². The van der Waals surface area contributed by atoms with Crippen LogP contribution in [-0.2, 0) is 6.18 Å². The molecule has 0 aliphatic heterocycles. The maximum atomic E-state index is 13.2. The van der Waals surface area contributed by atoms with Crippen molar-refractivity contribution in [3.8, 4) is 5.75 Å². The summed E-state index contributed by atoms with van der Waals surface area (Å²) in [6, 6.07) is 13.5. The number of phenols is 1. The molecule has 0 amide bonds. The zero-order valence-corrected chi connectivity index (χ0v) is 11.6. The molecule has 0 saturated carbocycles. The Balaban J connectivity index is 2.17. The highest BCUT2D eigenvalue weighted by molar-refractivity contribution is 5.86. The van der Waals surface area contributed by atoms with Crippen molar-refractivity contribution in [3.63, 3.8) is 0 Å². The van der Waals surface area contributed by atoms with E-state index in [1.54, 1.807) is 30.3 Å². The lowest BCUT2D eigenvalue weighted by molar-refractivity contribution is -0.137. The van der Waals surface area contributed by atoms with E-state index in [0.717, 1.165) is 6.07 Å². The summed E-state index contributed by atoms with van der Waals surface area (Å²) in [6.07, 6.45) is -4.63. The van der Waals surface area contributed by atoms with Gasteiger partial charge in [0.15, 0.2) is 5.82 Å². The fourth-order valence-corrected chi connectivity index (χ4v) is 2.06. The summed E-state index contributed by atoms with van der Waals surface area (Å²) in [6.45, 7) is 0. The molecule has 0 saturated heterocycles. The SMILES string of the molecule is Oc1cccc2cc(C(F)(F)F)c(N=Nc3ccccc3)nc12. The van der Waals surface area contributed by atoms with Gasteiger partial charge in [-0.25, -0.2) is 4.98 Å². The first kappa shape index (κ1) is 15.0. The highest BCUT2D eigenvalue weighted by Crippen LogP contribution is 2.39. The lowest BCUT2D eigenvalue weighted by atomic mass is 10.1. The van der Waals surface area contributed by atoms with E-state index >= 15 is 0 Å². The van der Waals surface area contributed by atoms with E-state index in [4.69, 9.17) is 0 Å². The van der Waals surface area contributed by atoms with Gasteiger partial charge in [0.05, 0.1) is 5.69 Å². The largest absolute Gasteiger partial charge is 0.506 e. The zero-order valence-electron chi connectivity index (χ0n) is 11.6. The second-order valence-electron chi connectivity index (χ2n) is 4.74. The van der Waals surface area contributed by atoms with E-state index in [2.05, 4.69) is 15.2 Å². The molecule has 1 aromatic heterocycles. The van der Waals surface area contributed by atoms with Gasteiger partial charge in [-0.1, -0.05) is 30.3 Å². The lowest BCUT2D eigenvalue weighted by Gasteiger charge is -2.10. The van der Waals surface area contributed by atoms with Gasteiger partial charge in [0.2, 0.25) is 0 Å². The molecule has 0 bridgehead atoms. The van der Waals surface area contributed by atoms with Gasteiger partial charge in [0.25, 0.3) is 0 Å². The number of benzene rings is 2. The minimum absolute atomic E-state index is 0.0440. The van der Waals surface area contributed by atoms with Crippen LogP contribution in [0.25, 0.3) is 10.9 Å². The third-order valence-corrected chi connectivity index (χ3v) is 3.13. The van der Waals surface area contributed by atoms with Crippen molar-refractivity contribution in [2.24, 2.45) is 10.2 Å². The quantitative estimate of drug-likeness (QED) is 0.645. The van der Waals surface area contributed by atoms with Crippen LogP contribution in [0.5, 0.6) is 5.75 Å². The Morgan fingerprint density at radius 3 is 2.35 bits per heavy atom. The minimum atomic E-state index is -4.63. The number of azo groups is 1. The van der Waals surface area contributed by atoms with E-state index in [1.165, 1.54) is 18.2 Å². The molecule has 0 atom stereocenters. The van der Waals surface area contributed by atoms with Crippen LogP contribution in [0, 0.1) is 0 Å². The molecular weight excluding hydrogens is 307 g/mol. The van der Waals surface area contributed by atoms with Crippen LogP contribution in [0.15, 0.2) is 64.8 Å². The fourth-order valence-electron chi connectivity index (χ4n) is 2.06. The molecule has 1 N–H and O–H groups in total. The molecule has 0 unspecified atom stereocenters. The molecule has 0 aliphatic rings. The predicted molar refractivity (Wildman–Crippen MR) is 79.0 cm³/mol. The summed E-state index contributed by atoms with van der Waals surface area (Å²) in [5.74, 6) is -0.803. The first-order chi connectivity index (χ1) is 10.9. The van der Waals surface area contributed by atoms with Gasteiger partial charge >= 0.3 is 6.18 Å². The summed E-state index contributed by atoms with van der Waals surface area (Å²) >= 11 is 0. The molecular formula is C16H10F3N3O. The van der Waals surface area contributed by atoms with Crippen LogP contribution in [0.3, 0.4) is 0 Å². The van der Waals surface area contributed by atoms with Crippen molar-refractivity contribution in [3.05, 3.63) is 60.2 Å². The number of aromatic hydroxyl groups is 1. The van der Waals surface area contributed by atoms with Crippen molar-refractivity contribution in [1.82, 2.24) is 4.98 Å². The van der Waals surface area contributed by atoms with Gasteiger partial charge in [-0.2, -0.15) is 13.2 Å². The molecule has 116 valence electrons. The maximum absolute atomic E-state index is 13.2. The van der Waals surface area contributed by atoms with Gasteiger partial charge in [-0.3, -0.25) is 0 Å². The van der Waals surface area contributed by atoms with Gasteiger partial charge in [-0.05, 0) is 24.3 Å². The second-order valence-corrected chi connectivity index (χ2v) is 4.74. The third kappa shape index (κ3) is 3.13. The smallest absolute Gasteiger partial charge is 0.420 e. The predicted octanol–water partition coefficient (Wildman–Crippen LogP) is 5.37. The van der Waals surface area contributed by atoms with E-state index in [0.29, 0.717) is 5.69 Å². The van der Waals surface area contributed by atoms with E-state index in [9.17, 15) is 18.3 Å². The Morgan fingerprint density at radius 2 is 1.65 bits per heavy atom. The number of para-hydroxylation sites is 1. The number of fused-ring (bicyclic) bond motifs is 1. The molecule has 0 aliphatic carbocycles. The fraction of sp³-hybridized carbons (Fsp3) is 0.0625. The monoisotopic (exact) mass is 317 g/mol. The molecule has 4 nitrogen and oxygen atoms in total. The third-order valence-electron chi connectivity index (χ3n) is 3.13. The van der Waals surface area contributed by atoms with Crippen LogP contribution in [0.2, 0.25) is 0 Å². The molecule has 3 rings (SSSR count). The van der Waals surface area contributed by atoms with E-state index in [-0.39, 0.29) is 16.7 Å². The molecule has 0 radical (unpaired) electrons. The highest BCUT2D eigenvalue weighted by atomic mass is 19.4. The Labute approximate surface area is 128 Å². The van der Waals surface area contributed by atoms with E-state index in [1.807, 2.05) is 0 Å². The topological polar surface area (TPSA) is 57.8 Å². The number of pyridine rings is 1. The number of rotatable bonds is 2. The number of phenolic OH excluding ortho intramolecular Hbond substituents is 1. The summed E-state index contributed by atoms with van der Waals surface area (Å²) in [4.78, 5) is 3.83. The van der Waals surface area contributed by atoms with Crippen LogP contribution in [0.1, 0.15) is 5.56 Å². The van der Waals surface area contributed by atoms with Crippen LogP contribution < -0.4 is 0 Å². The number of hydrogen-bond donors (Lipinski definition) is 1. The number of halogens is 3. The van der Waals surface area contributed by atoms with Crippen molar-refractivity contribution >= 4 is 22.4 Å². The number of alkyl halides is 3. The summed E-state index contributed by atoms with van der Waals surface area (Å²) in [5.41, 5.74) is -0.558.